The van der Waals surface area contributed by atoms with Gasteiger partial charge in [-0.2, -0.15) is 0 Å². The molecular weight excluding hydrogens is 320 g/mol. The first kappa shape index (κ1) is 20.3. The summed E-state index contributed by atoms with van der Waals surface area (Å²) in [6, 6.07) is 0. The van der Waals surface area contributed by atoms with Crippen molar-refractivity contribution < 1.29 is 55.5 Å². The molecule has 1 aliphatic rings. The summed E-state index contributed by atoms with van der Waals surface area (Å²) in [6.07, 6.45) is -16.3. The van der Waals surface area contributed by atoms with Crippen LogP contribution in [-0.4, -0.2) is 120 Å². The van der Waals surface area contributed by atoms with Crippen LogP contribution in [0, 0.1) is 0 Å². The highest BCUT2D eigenvalue weighted by atomic mass is 16.6. The van der Waals surface area contributed by atoms with Gasteiger partial charge in [0.25, 0.3) is 0 Å². The smallest absolute Gasteiger partial charge is 0.151 e. The monoisotopic (exact) mass is 342 g/mol. The Hall–Kier alpha value is -0.730. The van der Waals surface area contributed by atoms with Gasteiger partial charge in [-0.05, 0) is 0 Å². The first-order valence-corrected chi connectivity index (χ1v) is 6.79. The number of aliphatic hydroxyl groups excluding tert-OH is 8. The van der Waals surface area contributed by atoms with E-state index in [1.807, 2.05) is 0 Å². The van der Waals surface area contributed by atoms with E-state index in [1.54, 1.807) is 0 Å². The summed E-state index contributed by atoms with van der Waals surface area (Å²) in [6.45, 7) is -2.01. The van der Waals surface area contributed by atoms with Crippen molar-refractivity contribution in [1.29, 1.82) is 0 Å². The second-order valence-corrected chi connectivity index (χ2v) is 5.41. The fourth-order valence-electron chi connectivity index (χ4n) is 2.53. The molecule has 0 aromatic carbocycles. The summed E-state index contributed by atoms with van der Waals surface area (Å²) in [4.78, 5) is 10.6. The van der Waals surface area contributed by atoms with Gasteiger partial charge >= 0.3 is 0 Å². The van der Waals surface area contributed by atoms with Crippen LogP contribution in [0.15, 0.2) is 0 Å². The highest BCUT2D eigenvalue weighted by molar-refractivity contribution is 5.57. The lowest BCUT2D eigenvalue weighted by Crippen LogP contribution is -2.73. The van der Waals surface area contributed by atoms with Crippen LogP contribution in [0.2, 0.25) is 0 Å². The molecule has 1 aliphatic heterocycles. The van der Waals surface area contributed by atoms with Gasteiger partial charge in [-0.25, -0.2) is 0 Å². The first-order chi connectivity index (χ1) is 10.7. The van der Waals surface area contributed by atoms with E-state index >= 15 is 0 Å². The average molecular weight is 342 g/mol. The summed E-state index contributed by atoms with van der Waals surface area (Å²) in [5.41, 5.74) is -3.00. The van der Waals surface area contributed by atoms with Gasteiger partial charge in [0.1, 0.15) is 54.4 Å². The molecule has 9 N–H and O–H groups in total. The molecule has 136 valence electrons. The highest BCUT2D eigenvalue weighted by Crippen LogP contribution is 2.33. The maximum atomic E-state index is 10.6. The first-order valence-electron chi connectivity index (χ1n) is 6.79. The predicted octanol–water partition coefficient (Wildman–Crippen LogP) is -6.17. The van der Waals surface area contributed by atoms with Gasteiger partial charge in [0, 0.05) is 0 Å². The van der Waals surface area contributed by atoms with E-state index in [-0.39, 0.29) is 6.29 Å². The number of hydrogen-bond donors (Lipinski definition) is 9. The number of carbonyl (C=O) groups is 1. The average Bonchev–Trinajstić information content (AvgIpc) is 2.56. The third-order valence-corrected chi connectivity index (χ3v) is 3.99. The summed E-state index contributed by atoms with van der Waals surface area (Å²) >= 11 is 0. The maximum absolute atomic E-state index is 10.6. The van der Waals surface area contributed by atoms with Crippen LogP contribution in [0.5, 0.6) is 0 Å². The molecule has 11 heteroatoms. The van der Waals surface area contributed by atoms with Crippen molar-refractivity contribution in [2.75, 3.05) is 13.2 Å². The lowest BCUT2D eigenvalue weighted by molar-refractivity contribution is -0.309. The van der Waals surface area contributed by atoms with Crippen molar-refractivity contribution in [1.82, 2.24) is 0 Å². The molecule has 0 radical (unpaired) electrons. The van der Waals surface area contributed by atoms with Crippen LogP contribution >= 0.6 is 0 Å². The highest BCUT2D eigenvalue weighted by Gasteiger charge is 2.59. The normalized spacial score (nSPS) is 38.4. The zero-order chi connectivity index (χ0) is 17.9. The van der Waals surface area contributed by atoms with Crippen molar-refractivity contribution in [3.63, 3.8) is 0 Å². The maximum Gasteiger partial charge on any atom is 0.151 e. The molecule has 0 aromatic heterocycles. The third kappa shape index (κ3) is 3.53. The Morgan fingerprint density at radius 1 is 1.04 bits per heavy atom. The molecule has 0 bridgehead atoms. The second-order valence-electron chi connectivity index (χ2n) is 5.41. The van der Waals surface area contributed by atoms with Crippen molar-refractivity contribution in [2.24, 2.45) is 0 Å². The Labute approximate surface area is 130 Å². The number of aliphatic hydroxyl groups is 9. The molecule has 1 rings (SSSR count). The van der Waals surface area contributed by atoms with Crippen molar-refractivity contribution >= 4 is 6.29 Å². The molecule has 1 heterocycles. The summed E-state index contributed by atoms with van der Waals surface area (Å²) in [5, 5.41) is 87.1. The Morgan fingerprint density at radius 3 is 2.04 bits per heavy atom. The van der Waals surface area contributed by atoms with Gasteiger partial charge in [-0.15, -0.1) is 0 Å². The second kappa shape index (κ2) is 7.90. The van der Waals surface area contributed by atoms with Crippen molar-refractivity contribution in [3.05, 3.63) is 0 Å². The molecule has 0 spiro atoms. The van der Waals surface area contributed by atoms with Crippen LogP contribution in [0.4, 0.5) is 0 Å². The van der Waals surface area contributed by atoms with Gasteiger partial charge in [0.15, 0.2) is 6.29 Å². The number of carbonyl (C=O) groups excluding carboxylic acids is 1. The van der Waals surface area contributed by atoms with E-state index < -0.39 is 67.6 Å². The van der Waals surface area contributed by atoms with E-state index in [1.165, 1.54) is 0 Å². The Kier molecular flexibility index (Phi) is 6.97. The quantitative estimate of drug-likeness (QED) is 0.199. The number of hydrogen-bond acceptors (Lipinski definition) is 11. The van der Waals surface area contributed by atoms with E-state index in [4.69, 9.17) is 14.9 Å². The van der Waals surface area contributed by atoms with Gasteiger partial charge in [0.05, 0.1) is 13.2 Å². The van der Waals surface area contributed by atoms with Crippen LogP contribution < -0.4 is 0 Å². The minimum Gasteiger partial charge on any atom is -0.394 e. The van der Waals surface area contributed by atoms with E-state index in [0.717, 1.165) is 0 Å². The number of aldehydes is 1. The number of ether oxygens (including phenoxy) is 1. The Balaban J connectivity index is 3.27. The molecule has 9 atom stereocenters. The molecule has 1 fully saturated rings. The largest absolute Gasteiger partial charge is 0.394 e. The molecule has 0 aromatic rings. The van der Waals surface area contributed by atoms with Crippen LogP contribution in [0.3, 0.4) is 0 Å². The SMILES string of the molecule is O=C[C@H](O)[C@@H](O)[C@@](O)(C1O[C@H](CO)[C@H](O)[C@H](O)[C@H]1O)[C@H](O)CO. The summed E-state index contributed by atoms with van der Waals surface area (Å²) < 4.78 is 5.02. The van der Waals surface area contributed by atoms with Crippen molar-refractivity contribution in [3.8, 4) is 0 Å². The lowest BCUT2D eigenvalue weighted by Gasteiger charge is -2.49. The van der Waals surface area contributed by atoms with Crippen molar-refractivity contribution in [2.45, 2.75) is 54.4 Å². The van der Waals surface area contributed by atoms with Crippen LogP contribution in [0.1, 0.15) is 0 Å². The fourth-order valence-corrected chi connectivity index (χ4v) is 2.53. The molecule has 23 heavy (non-hydrogen) atoms. The van der Waals surface area contributed by atoms with Crippen LogP contribution in [-0.2, 0) is 9.53 Å². The standard InChI is InChI=1S/C12H22O11/c13-1-4(16)10(21)12(22,6(17)3-15)11-9(20)8(19)7(18)5(2-14)23-11/h1,4-11,14-22H,2-3H2/t4-,5+,6+,7-,8-,9+,10+,11?,12+/m0/s1. The zero-order valence-corrected chi connectivity index (χ0v) is 12.0. The molecule has 11 nitrogen and oxygen atoms in total. The summed E-state index contributed by atoms with van der Waals surface area (Å²) in [5.74, 6) is 0. The minimum absolute atomic E-state index is 0.163. The zero-order valence-electron chi connectivity index (χ0n) is 12.0. The van der Waals surface area contributed by atoms with Gasteiger partial charge in [-0.3, -0.25) is 0 Å². The molecule has 0 aliphatic carbocycles. The van der Waals surface area contributed by atoms with Gasteiger partial charge < -0.3 is 55.5 Å². The van der Waals surface area contributed by atoms with E-state index in [0.29, 0.717) is 0 Å². The third-order valence-electron chi connectivity index (χ3n) is 3.99. The Morgan fingerprint density at radius 2 is 1.61 bits per heavy atom. The number of rotatable bonds is 7. The molecule has 1 unspecified atom stereocenters. The topological polar surface area (TPSA) is 208 Å². The fraction of sp³-hybridized carbons (Fsp3) is 0.917. The Bertz CT molecular complexity index is 391. The minimum atomic E-state index is -3.00. The lowest BCUT2D eigenvalue weighted by atomic mass is 9.76. The van der Waals surface area contributed by atoms with Crippen LogP contribution in [0.25, 0.3) is 0 Å². The summed E-state index contributed by atoms with van der Waals surface area (Å²) in [7, 11) is 0. The predicted molar refractivity (Wildman–Crippen MR) is 69.9 cm³/mol. The molecule has 0 saturated carbocycles. The van der Waals surface area contributed by atoms with E-state index in [9.17, 15) is 40.5 Å². The van der Waals surface area contributed by atoms with Gasteiger partial charge in [0.2, 0.25) is 0 Å². The van der Waals surface area contributed by atoms with E-state index in [2.05, 4.69) is 0 Å². The molecular formula is C12H22O11. The molecule has 1 saturated heterocycles. The van der Waals surface area contributed by atoms with Gasteiger partial charge in [-0.1, -0.05) is 0 Å². The molecule has 0 amide bonds.